The van der Waals surface area contributed by atoms with Crippen molar-refractivity contribution in [1.29, 1.82) is 0 Å². The lowest BCUT2D eigenvalue weighted by atomic mass is 10.2. The van der Waals surface area contributed by atoms with Gasteiger partial charge in [0.2, 0.25) is 0 Å². The van der Waals surface area contributed by atoms with Crippen LogP contribution in [-0.4, -0.2) is 34.6 Å². The van der Waals surface area contributed by atoms with E-state index in [0.29, 0.717) is 11.4 Å². The molecule has 5 nitrogen and oxygen atoms in total. The van der Waals surface area contributed by atoms with E-state index in [1.54, 1.807) is 0 Å². The molecule has 0 saturated heterocycles. The first-order chi connectivity index (χ1) is 7.69. The average Bonchev–Trinajstić information content (AvgIpc) is 2.74. The minimum Gasteiger partial charge on any atom is -0.350 e. The molecule has 1 atom stereocenters. The summed E-state index contributed by atoms with van der Waals surface area (Å²) in [7, 11) is 0. The summed E-state index contributed by atoms with van der Waals surface area (Å²) in [4.78, 5) is 12.4. The van der Waals surface area contributed by atoms with E-state index in [1.807, 2.05) is 20.8 Å². The van der Waals surface area contributed by atoms with Gasteiger partial charge >= 0.3 is 0 Å². The third kappa shape index (κ3) is 3.53. The van der Waals surface area contributed by atoms with Crippen molar-refractivity contribution in [1.82, 2.24) is 20.2 Å². The lowest BCUT2D eigenvalue weighted by Gasteiger charge is -2.12. The van der Waals surface area contributed by atoms with Crippen LogP contribution in [0.2, 0.25) is 0 Å². The molecule has 0 spiro atoms. The quantitative estimate of drug-likeness (QED) is 0.775. The van der Waals surface area contributed by atoms with E-state index in [2.05, 4.69) is 20.2 Å². The summed E-state index contributed by atoms with van der Waals surface area (Å²) >= 11 is 1.15. The standard InChI is InChI=1S/C10H18N4OS/c1-4-8-9(16-14-13-8)10(15)12-6-7(3)11-5-2/h7,11H,4-6H2,1-3H3,(H,12,15)/t7-/m1/s1. The van der Waals surface area contributed by atoms with E-state index in [9.17, 15) is 4.79 Å². The highest BCUT2D eigenvalue weighted by Gasteiger charge is 2.14. The van der Waals surface area contributed by atoms with Crippen LogP contribution in [0.1, 0.15) is 36.1 Å². The monoisotopic (exact) mass is 242 g/mol. The molecule has 0 saturated carbocycles. The number of amides is 1. The minimum absolute atomic E-state index is 0.0726. The molecule has 2 N–H and O–H groups in total. The lowest BCUT2D eigenvalue weighted by Crippen LogP contribution is -2.38. The second-order valence-electron chi connectivity index (χ2n) is 3.57. The maximum absolute atomic E-state index is 11.8. The van der Waals surface area contributed by atoms with Crippen LogP contribution in [0.25, 0.3) is 0 Å². The number of hydrogen-bond acceptors (Lipinski definition) is 5. The van der Waals surface area contributed by atoms with Gasteiger partial charge < -0.3 is 10.6 Å². The Morgan fingerprint density at radius 1 is 1.50 bits per heavy atom. The Bertz CT molecular complexity index is 339. The van der Waals surface area contributed by atoms with Crippen LogP contribution in [0.3, 0.4) is 0 Å². The molecule has 1 amide bonds. The van der Waals surface area contributed by atoms with Gasteiger partial charge in [0.1, 0.15) is 4.88 Å². The summed E-state index contributed by atoms with van der Waals surface area (Å²) < 4.78 is 3.79. The smallest absolute Gasteiger partial charge is 0.265 e. The molecule has 1 aromatic heterocycles. The average molecular weight is 242 g/mol. The Hall–Kier alpha value is -1.01. The van der Waals surface area contributed by atoms with Crippen molar-refractivity contribution in [2.75, 3.05) is 13.1 Å². The van der Waals surface area contributed by atoms with Gasteiger partial charge in [-0.05, 0) is 31.4 Å². The Labute approximate surface area is 99.8 Å². The molecular formula is C10H18N4OS. The van der Waals surface area contributed by atoms with Gasteiger partial charge in [-0.25, -0.2) is 0 Å². The third-order valence-corrected chi connectivity index (χ3v) is 2.99. The number of aromatic nitrogens is 2. The van der Waals surface area contributed by atoms with E-state index in [4.69, 9.17) is 0 Å². The predicted molar refractivity (Wildman–Crippen MR) is 64.8 cm³/mol. The van der Waals surface area contributed by atoms with Crippen molar-refractivity contribution in [3.05, 3.63) is 10.6 Å². The molecule has 0 bridgehead atoms. The molecule has 6 heteroatoms. The number of nitrogens with one attached hydrogen (secondary N) is 2. The van der Waals surface area contributed by atoms with Crippen molar-refractivity contribution in [2.24, 2.45) is 0 Å². The molecule has 1 rings (SSSR count). The third-order valence-electron chi connectivity index (χ3n) is 2.22. The highest BCUT2D eigenvalue weighted by molar-refractivity contribution is 7.08. The van der Waals surface area contributed by atoms with Crippen LogP contribution < -0.4 is 10.6 Å². The fraction of sp³-hybridized carbons (Fsp3) is 0.700. The van der Waals surface area contributed by atoms with Gasteiger partial charge in [-0.2, -0.15) is 0 Å². The number of likely N-dealkylation sites (N-methyl/N-ethyl adjacent to an activating group) is 1. The summed E-state index contributed by atoms with van der Waals surface area (Å²) in [5.41, 5.74) is 0.776. The number of rotatable bonds is 6. The second kappa shape index (κ2) is 6.55. The Kier molecular flexibility index (Phi) is 5.34. The number of carbonyl (C=O) groups excluding carboxylic acids is 1. The maximum Gasteiger partial charge on any atom is 0.265 e. The molecule has 0 aliphatic rings. The molecule has 90 valence electrons. The van der Waals surface area contributed by atoms with Crippen LogP contribution in [-0.2, 0) is 6.42 Å². The van der Waals surface area contributed by atoms with Gasteiger partial charge in [-0.3, -0.25) is 4.79 Å². The van der Waals surface area contributed by atoms with Crippen LogP contribution >= 0.6 is 11.5 Å². The van der Waals surface area contributed by atoms with Crippen LogP contribution in [0.4, 0.5) is 0 Å². The summed E-state index contributed by atoms with van der Waals surface area (Å²) in [5.74, 6) is -0.0726. The van der Waals surface area contributed by atoms with E-state index in [1.165, 1.54) is 0 Å². The van der Waals surface area contributed by atoms with E-state index >= 15 is 0 Å². The molecule has 1 heterocycles. The molecule has 0 aliphatic heterocycles. The van der Waals surface area contributed by atoms with Gasteiger partial charge in [0, 0.05) is 12.6 Å². The first kappa shape index (κ1) is 13.1. The first-order valence-electron chi connectivity index (χ1n) is 5.51. The predicted octanol–water partition coefficient (Wildman–Crippen LogP) is 0.828. The van der Waals surface area contributed by atoms with Crippen molar-refractivity contribution in [3.63, 3.8) is 0 Å². The van der Waals surface area contributed by atoms with E-state index < -0.39 is 0 Å². The SMILES string of the molecule is CCN[C@H](C)CNC(=O)c1snnc1CC. The molecule has 0 aromatic carbocycles. The van der Waals surface area contributed by atoms with Gasteiger partial charge in [0.25, 0.3) is 5.91 Å². The lowest BCUT2D eigenvalue weighted by molar-refractivity contribution is 0.0953. The highest BCUT2D eigenvalue weighted by Crippen LogP contribution is 2.10. The van der Waals surface area contributed by atoms with Crippen molar-refractivity contribution < 1.29 is 4.79 Å². The zero-order chi connectivity index (χ0) is 12.0. The van der Waals surface area contributed by atoms with E-state index in [-0.39, 0.29) is 11.9 Å². The van der Waals surface area contributed by atoms with Gasteiger partial charge in [-0.1, -0.05) is 18.3 Å². The second-order valence-corrected chi connectivity index (χ2v) is 4.33. The van der Waals surface area contributed by atoms with E-state index in [0.717, 1.165) is 30.2 Å². The molecule has 0 fully saturated rings. The van der Waals surface area contributed by atoms with Crippen LogP contribution in [0.5, 0.6) is 0 Å². The largest absolute Gasteiger partial charge is 0.350 e. The molecule has 1 aromatic rings. The minimum atomic E-state index is -0.0726. The fourth-order valence-corrected chi connectivity index (χ4v) is 2.03. The van der Waals surface area contributed by atoms with Crippen molar-refractivity contribution in [2.45, 2.75) is 33.2 Å². The van der Waals surface area contributed by atoms with Crippen molar-refractivity contribution >= 4 is 17.4 Å². The van der Waals surface area contributed by atoms with Crippen LogP contribution in [0.15, 0.2) is 0 Å². The normalized spacial score (nSPS) is 12.4. The van der Waals surface area contributed by atoms with Gasteiger partial charge in [0.05, 0.1) is 5.69 Å². The Morgan fingerprint density at radius 3 is 2.88 bits per heavy atom. The maximum atomic E-state index is 11.8. The summed E-state index contributed by atoms with van der Waals surface area (Å²) in [6.07, 6.45) is 0.738. The number of aryl methyl sites for hydroxylation is 1. The topological polar surface area (TPSA) is 66.9 Å². The zero-order valence-corrected chi connectivity index (χ0v) is 10.7. The molecule has 16 heavy (non-hydrogen) atoms. The number of nitrogens with zero attached hydrogens (tertiary/aromatic N) is 2. The molecule has 0 unspecified atom stereocenters. The summed E-state index contributed by atoms with van der Waals surface area (Å²) in [6.45, 7) is 7.57. The van der Waals surface area contributed by atoms with Gasteiger partial charge in [-0.15, -0.1) is 5.10 Å². The molecule has 0 aliphatic carbocycles. The fourth-order valence-electron chi connectivity index (χ4n) is 1.36. The van der Waals surface area contributed by atoms with Crippen molar-refractivity contribution in [3.8, 4) is 0 Å². The molecule has 0 radical (unpaired) electrons. The summed E-state index contributed by atoms with van der Waals surface area (Å²) in [6, 6.07) is 0.278. The summed E-state index contributed by atoms with van der Waals surface area (Å²) in [5, 5.41) is 10.0. The highest BCUT2D eigenvalue weighted by atomic mass is 32.1. The number of hydrogen-bond donors (Lipinski definition) is 2. The molecular weight excluding hydrogens is 224 g/mol. The van der Waals surface area contributed by atoms with Crippen LogP contribution in [0, 0.1) is 0 Å². The number of carbonyl (C=O) groups is 1. The Balaban J connectivity index is 2.46. The first-order valence-corrected chi connectivity index (χ1v) is 6.29. The Morgan fingerprint density at radius 2 is 2.25 bits per heavy atom. The van der Waals surface area contributed by atoms with Gasteiger partial charge in [0.15, 0.2) is 0 Å². The zero-order valence-electron chi connectivity index (χ0n) is 9.91.